The molecule has 0 spiro atoms. The van der Waals surface area contributed by atoms with Crippen molar-refractivity contribution in [1.82, 2.24) is 20.9 Å². The van der Waals surface area contributed by atoms with Gasteiger partial charge in [-0.15, -0.1) is 0 Å². The summed E-state index contributed by atoms with van der Waals surface area (Å²) in [5.74, 6) is 0.880. The highest BCUT2D eigenvalue weighted by Gasteiger charge is 2.15. The lowest BCUT2D eigenvalue weighted by atomic mass is 10.2. The molecule has 0 aliphatic rings. The van der Waals surface area contributed by atoms with E-state index in [9.17, 15) is 4.79 Å². The molecular weight excluding hydrogens is 406 g/mol. The van der Waals surface area contributed by atoms with E-state index in [1.165, 1.54) is 0 Å². The zero-order chi connectivity index (χ0) is 19.1. The molecule has 0 aliphatic heterocycles. The van der Waals surface area contributed by atoms with Crippen LogP contribution >= 0.6 is 15.9 Å². The predicted octanol–water partition coefficient (Wildman–Crippen LogP) is 1.73. The van der Waals surface area contributed by atoms with Gasteiger partial charge in [-0.1, -0.05) is 0 Å². The monoisotopic (exact) mass is 427 g/mol. The number of aromatic nitrogens is 2. The normalized spacial score (nSPS) is 10.8. The maximum Gasteiger partial charge on any atom is 0.277 e. The number of rotatable bonds is 9. The van der Waals surface area contributed by atoms with E-state index in [4.69, 9.17) is 15.2 Å². The second kappa shape index (κ2) is 9.39. The van der Waals surface area contributed by atoms with Crippen molar-refractivity contribution in [1.29, 1.82) is 0 Å². The third kappa shape index (κ3) is 5.33. The van der Waals surface area contributed by atoms with E-state index in [1.54, 1.807) is 7.11 Å². The molecule has 0 atom stereocenters. The number of hydrogen-bond donors (Lipinski definition) is 3. The summed E-state index contributed by atoms with van der Waals surface area (Å²) in [7, 11) is 1.60. The second-order valence-corrected chi connectivity index (χ2v) is 6.56. The van der Waals surface area contributed by atoms with Gasteiger partial charge < -0.3 is 25.8 Å². The number of nitrogens with zero attached hydrogens (tertiary/aromatic N) is 2. The summed E-state index contributed by atoms with van der Waals surface area (Å²) in [6, 6.07) is 3.88. The summed E-state index contributed by atoms with van der Waals surface area (Å²) in [5, 5.41) is 12.7. The molecule has 1 aromatic carbocycles. The minimum Gasteiger partial charge on any atom is -0.493 e. The van der Waals surface area contributed by atoms with Gasteiger partial charge in [-0.05, 0) is 57.8 Å². The molecule has 4 N–H and O–H groups in total. The van der Waals surface area contributed by atoms with Crippen LogP contribution in [-0.4, -0.2) is 42.5 Å². The average Bonchev–Trinajstić information content (AvgIpc) is 3.02. The lowest BCUT2D eigenvalue weighted by Crippen LogP contribution is -2.32. The van der Waals surface area contributed by atoms with Crippen molar-refractivity contribution in [3.05, 3.63) is 27.9 Å². The number of anilines is 1. The molecule has 0 saturated carbocycles. The Labute approximate surface area is 159 Å². The summed E-state index contributed by atoms with van der Waals surface area (Å²) in [4.78, 5) is 11.8. The summed E-state index contributed by atoms with van der Waals surface area (Å²) in [6.07, 6.45) is 0.0433. The maximum absolute atomic E-state index is 11.8. The molecule has 9 nitrogen and oxygen atoms in total. The molecule has 0 saturated heterocycles. The third-order valence-corrected chi connectivity index (χ3v) is 3.88. The van der Waals surface area contributed by atoms with Crippen LogP contribution in [0.1, 0.15) is 29.9 Å². The number of halogens is 1. The van der Waals surface area contributed by atoms with Gasteiger partial charge >= 0.3 is 0 Å². The Hall–Kier alpha value is -2.33. The Morgan fingerprint density at radius 3 is 2.73 bits per heavy atom. The topological polar surface area (TPSA) is 125 Å². The van der Waals surface area contributed by atoms with Gasteiger partial charge in [0.05, 0.1) is 17.7 Å². The van der Waals surface area contributed by atoms with Crippen LogP contribution < -0.4 is 25.8 Å². The molecule has 0 aliphatic carbocycles. The Bertz CT molecular complexity index is 750. The van der Waals surface area contributed by atoms with Gasteiger partial charge in [0.2, 0.25) is 11.5 Å². The SMILES string of the molecule is COc1cc(CNCCNC(=O)c2nonc2N)cc(Br)c1OC(C)C. The van der Waals surface area contributed by atoms with Gasteiger partial charge in [-0.2, -0.15) is 0 Å². The van der Waals surface area contributed by atoms with E-state index in [0.717, 1.165) is 10.0 Å². The van der Waals surface area contributed by atoms with Gasteiger partial charge in [-0.3, -0.25) is 4.79 Å². The van der Waals surface area contributed by atoms with Gasteiger partial charge in [0, 0.05) is 19.6 Å². The van der Waals surface area contributed by atoms with E-state index >= 15 is 0 Å². The van der Waals surface area contributed by atoms with Crippen molar-refractivity contribution in [2.45, 2.75) is 26.5 Å². The number of nitrogen functional groups attached to an aromatic ring is 1. The van der Waals surface area contributed by atoms with Crippen LogP contribution in [0.5, 0.6) is 11.5 Å². The van der Waals surface area contributed by atoms with Crippen LogP contribution in [0.2, 0.25) is 0 Å². The zero-order valence-electron chi connectivity index (χ0n) is 14.8. The Morgan fingerprint density at radius 2 is 2.12 bits per heavy atom. The molecule has 142 valence electrons. The van der Waals surface area contributed by atoms with E-state index in [-0.39, 0.29) is 17.6 Å². The van der Waals surface area contributed by atoms with E-state index in [0.29, 0.717) is 31.1 Å². The molecule has 2 aromatic rings. The third-order valence-electron chi connectivity index (χ3n) is 3.29. The minimum atomic E-state index is -0.426. The number of carbonyl (C=O) groups is 1. The molecule has 10 heteroatoms. The van der Waals surface area contributed by atoms with E-state index < -0.39 is 5.91 Å². The lowest BCUT2D eigenvalue weighted by Gasteiger charge is -2.16. The number of amides is 1. The molecule has 0 bridgehead atoms. The molecule has 0 fully saturated rings. The Morgan fingerprint density at radius 1 is 1.35 bits per heavy atom. The number of nitrogens with two attached hydrogens (primary N) is 1. The fraction of sp³-hybridized carbons (Fsp3) is 0.438. The lowest BCUT2D eigenvalue weighted by molar-refractivity contribution is 0.0944. The van der Waals surface area contributed by atoms with E-state index in [1.807, 2.05) is 26.0 Å². The standard InChI is InChI=1S/C16H22BrN5O4/c1-9(2)25-14-11(17)6-10(7-12(14)24-3)8-19-4-5-20-16(23)13-15(18)22-26-21-13/h6-7,9,19H,4-5,8H2,1-3H3,(H2,18,22)(H,20,23). The molecule has 1 heterocycles. The van der Waals surface area contributed by atoms with Crippen LogP contribution in [0.4, 0.5) is 5.82 Å². The highest BCUT2D eigenvalue weighted by atomic mass is 79.9. The highest BCUT2D eigenvalue weighted by molar-refractivity contribution is 9.10. The molecule has 2 rings (SSSR count). The number of carbonyl (C=O) groups excluding carboxylic acids is 1. The van der Waals surface area contributed by atoms with Crippen LogP contribution in [-0.2, 0) is 6.54 Å². The molecule has 1 aromatic heterocycles. The van der Waals surface area contributed by atoms with Crippen molar-refractivity contribution in [2.75, 3.05) is 25.9 Å². The van der Waals surface area contributed by atoms with Crippen molar-refractivity contribution >= 4 is 27.7 Å². The molecular formula is C16H22BrN5O4. The Balaban J connectivity index is 1.83. The van der Waals surface area contributed by atoms with Crippen LogP contribution in [0.25, 0.3) is 0 Å². The van der Waals surface area contributed by atoms with Crippen LogP contribution in [0.3, 0.4) is 0 Å². The zero-order valence-corrected chi connectivity index (χ0v) is 16.4. The first-order valence-corrected chi connectivity index (χ1v) is 8.81. The first-order chi connectivity index (χ1) is 12.4. The van der Waals surface area contributed by atoms with Gasteiger partial charge in [0.15, 0.2) is 11.5 Å². The number of benzene rings is 1. The molecule has 0 unspecified atom stereocenters. The first kappa shape index (κ1) is 20.0. The highest BCUT2D eigenvalue weighted by Crippen LogP contribution is 2.37. The Kier molecular flexibility index (Phi) is 7.22. The summed E-state index contributed by atoms with van der Waals surface area (Å²) in [6.45, 7) is 5.47. The number of ether oxygens (including phenoxy) is 2. The quantitative estimate of drug-likeness (QED) is 0.516. The van der Waals surface area contributed by atoms with Gasteiger partial charge in [0.1, 0.15) is 0 Å². The fourth-order valence-electron chi connectivity index (χ4n) is 2.16. The maximum atomic E-state index is 11.8. The molecule has 0 radical (unpaired) electrons. The fourth-order valence-corrected chi connectivity index (χ4v) is 2.74. The van der Waals surface area contributed by atoms with Crippen molar-refractivity contribution in [2.24, 2.45) is 0 Å². The van der Waals surface area contributed by atoms with E-state index in [2.05, 4.69) is 41.5 Å². The molecule has 1 amide bonds. The van der Waals surface area contributed by atoms with Crippen LogP contribution in [0, 0.1) is 0 Å². The largest absolute Gasteiger partial charge is 0.493 e. The minimum absolute atomic E-state index is 0.0144. The average molecular weight is 428 g/mol. The summed E-state index contributed by atoms with van der Waals surface area (Å²) < 4.78 is 16.4. The number of methoxy groups -OCH3 is 1. The van der Waals surface area contributed by atoms with Gasteiger partial charge in [-0.25, -0.2) is 4.63 Å². The number of nitrogens with one attached hydrogen (secondary N) is 2. The molecule has 26 heavy (non-hydrogen) atoms. The second-order valence-electron chi connectivity index (χ2n) is 5.71. The smallest absolute Gasteiger partial charge is 0.277 e. The van der Waals surface area contributed by atoms with Crippen molar-refractivity contribution in [3.63, 3.8) is 0 Å². The predicted molar refractivity (Wildman–Crippen MR) is 99.2 cm³/mol. The first-order valence-electron chi connectivity index (χ1n) is 8.02. The summed E-state index contributed by atoms with van der Waals surface area (Å²) >= 11 is 3.51. The van der Waals surface area contributed by atoms with Gasteiger partial charge in [0.25, 0.3) is 5.91 Å². The van der Waals surface area contributed by atoms with Crippen LogP contribution in [0.15, 0.2) is 21.2 Å². The number of hydrogen-bond acceptors (Lipinski definition) is 8. The van der Waals surface area contributed by atoms with Crippen molar-refractivity contribution in [3.8, 4) is 11.5 Å². The summed E-state index contributed by atoms with van der Waals surface area (Å²) in [5.41, 5.74) is 6.46. The van der Waals surface area contributed by atoms with Crippen molar-refractivity contribution < 1.29 is 18.9 Å².